The van der Waals surface area contributed by atoms with E-state index < -0.39 is 12.0 Å². The summed E-state index contributed by atoms with van der Waals surface area (Å²) in [5.74, 6) is 0.424. The Morgan fingerprint density at radius 2 is 1.58 bits per heavy atom. The number of carbonyl (C=O) groups is 2. The Hall–Kier alpha value is -4.00. The third-order valence-corrected chi connectivity index (χ3v) is 6.53. The van der Waals surface area contributed by atoms with Crippen LogP contribution in [0.2, 0.25) is 0 Å². The average Bonchev–Trinajstić information content (AvgIpc) is 2.90. The lowest BCUT2D eigenvalue weighted by Gasteiger charge is -2.42. The number of nitrogens with zero attached hydrogens (tertiary/aromatic N) is 1. The second kappa shape index (κ2) is 10.7. The Morgan fingerprint density at radius 1 is 0.944 bits per heavy atom. The lowest BCUT2D eigenvalue weighted by atomic mass is 9.78. The number of aryl methyl sites for hydroxylation is 1. The molecule has 188 valence electrons. The second-order valence-corrected chi connectivity index (χ2v) is 8.82. The monoisotopic (exact) mass is 488 g/mol. The lowest BCUT2D eigenvalue weighted by molar-refractivity contribution is -0.119. The molecule has 0 bridgehead atoms. The summed E-state index contributed by atoms with van der Waals surface area (Å²) in [5.41, 5.74) is 3.76. The molecule has 2 amide bonds. The molecule has 7 nitrogen and oxygen atoms in total. The number of nitrogens with one attached hydrogen (secondary N) is 1. The molecule has 0 saturated carbocycles. The van der Waals surface area contributed by atoms with Crippen molar-refractivity contribution in [2.75, 3.05) is 33.2 Å². The Bertz CT molecular complexity index is 1230. The summed E-state index contributed by atoms with van der Waals surface area (Å²) in [6.07, 6.45) is 0.737. The Kier molecular flexibility index (Phi) is 7.48. The molecule has 0 spiro atoms. The fourth-order valence-electron chi connectivity index (χ4n) is 4.86. The SMILES string of the molecule is CCCN1C(=O)c2ccccc2[C@@H](C(=O)Nc2ccc(C)cc2)[C@@H]1c1cc(OC)c(OC)c(OC)c1. The molecule has 1 heterocycles. The van der Waals surface area contributed by atoms with Crippen LogP contribution in [0, 0.1) is 6.92 Å². The highest BCUT2D eigenvalue weighted by molar-refractivity contribution is 6.04. The zero-order chi connectivity index (χ0) is 25.8. The largest absolute Gasteiger partial charge is 0.493 e. The number of methoxy groups -OCH3 is 3. The van der Waals surface area contributed by atoms with Crippen LogP contribution in [-0.4, -0.2) is 44.6 Å². The van der Waals surface area contributed by atoms with Crippen molar-refractivity contribution in [1.29, 1.82) is 0 Å². The molecule has 4 rings (SSSR count). The van der Waals surface area contributed by atoms with Crippen LogP contribution in [0.4, 0.5) is 5.69 Å². The molecule has 1 aliphatic heterocycles. The quantitative estimate of drug-likeness (QED) is 0.463. The van der Waals surface area contributed by atoms with Crippen LogP contribution in [-0.2, 0) is 4.79 Å². The Balaban J connectivity index is 1.90. The van der Waals surface area contributed by atoms with E-state index in [0.717, 1.165) is 17.5 Å². The molecule has 0 aliphatic carbocycles. The standard InChI is InChI=1S/C29H32N2O5/c1-6-15-31-26(19-16-23(34-3)27(36-5)24(17-19)35-4)25(21-9-7-8-10-22(21)29(31)33)28(32)30-20-13-11-18(2)12-14-20/h7-14,16-17,25-26H,6,15H2,1-5H3,(H,30,32)/t25-,26+/m1/s1. The maximum atomic E-state index is 14.0. The van der Waals surface area contributed by atoms with E-state index >= 15 is 0 Å². The first-order valence-electron chi connectivity index (χ1n) is 12.0. The molecule has 1 aliphatic rings. The van der Waals surface area contributed by atoms with Gasteiger partial charge < -0.3 is 24.4 Å². The fraction of sp³-hybridized carbons (Fsp3) is 0.310. The zero-order valence-electron chi connectivity index (χ0n) is 21.3. The molecule has 0 radical (unpaired) electrons. The highest BCUT2D eigenvalue weighted by atomic mass is 16.5. The maximum Gasteiger partial charge on any atom is 0.254 e. The van der Waals surface area contributed by atoms with Crippen molar-refractivity contribution in [2.24, 2.45) is 0 Å². The van der Waals surface area contributed by atoms with E-state index in [1.165, 1.54) is 0 Å². The minimum Gasteiger partial charge on any atom is -0.493 e. The molecule has 0 saturated heterocycles. The minimum absolute atomic E-state index is 0.106. The van der Waals surface area contributed by atoms with Gasteiger partial charge in [0, 0.05) is 17.8 Å². The molecule has 36 heavy (non-hydrogen) atoms. The van der Waals surface area contributed by atoms with Gasteiger partial charge in [0.05, 0.1) is 33.3 Å². The van der Waals surface area contributed by atoms with Gasteiger partial charge in [-0.05, 0) is 54.8 Å². The van der Waals surface area contributed by atoms with Crippen molar-refractivity contribution in [3.8, 4) is 17.2 Å². The Labute approximate surface area is 212 Å². The van der Waals surface area contributed by atoms with Gasteiger partial charge >= 0.3 is 0 Å². The van der Waals surface area contributed by atoms with Crippen molar-refractivity contribution in [1.82, 2.24) is 4.90 Å². The maximum absolute atomic E-state index is 14.0. The first kappa shape index (κ1) is 25.1. The molecular weight excluding hydrogens is 456 g/mol. The van der Waals surface area contributed by atoms with Gasteiger partial charge in [0.1, 0.15) is 0 Å². The molecule has 0 aromatic heterocycles. The highest BCUT2D eigenvalue weighted by Gasteiger charge is 2.44. The van der Waals surface area contributed by atoms with Gasteiger partial charge in [0.25, 0.3) is 5.91 Å². The summed E-state index contributed by atoms with van der Waals surface area (Å²) < 4.78 is 16.7. The van der Waals surface area contributed by atoms with Crippen LogP contribution in [0.1, 0.15) is 52.4 Å². The van der Waals surface area contributed by atoms with E-state index in [9.17, 15) is 9.59 Å². The van der Waals surface area contributed by atoms with E-state index in [2.05, 4.69) is 5.32 Å². The van der Waals surface area contributed by atoms with E-state index in [1.54, 1.807) is 32.3 Å². The molecule has 0 unspecified atom stereocenters. The fourth-order valence-corrected chi connectivity index (χ4v) is 4.86. The summed E-state index contributed by atoms with van der Waals surface area (Å²) in [4.78, 5) is 29.4. The van der Waals surface area contributed by atoms with Crippen molar-refractivity contribution in [3.05, 3.63) is 82.9 Å². The predicted molar refractivity (Wildman–Crippen MR) is 139 cm³/mol. The number of hydrogen-bond donors (Lipinski definition) is 1. The van der Waals surface area contributed by atoms with Crippen molar-refractivity contribution in [3.63, 3.8) is 0 Å². The van der Waals surface area contributed by atoms with E-state index in [1.807, 2.05) is 68.4 Å². The molecule has 2 atom stereocenters. The molecule has 0 fully saturated rings. The first-order valence-corrected chi connectivity index (χ1v) is 12.0. The molecule has 7 heteroatoms. The van der Waals surface area contributed by atoms with Gasteiger partial charge in [-0.3, -0.25) is 9.59 Å². The van der Waals surface area contributed by atoms with Crippen LogP contribution in [0.5, 0.6) is 17.2 Å². The van der Waals surface area contributed by atoms with Gasteiger partial charge in [-0.2, -0.15) is 0 Å². The summed E-state index contributed by atoms with van der Waals surface area (Å²) in [7, 11) is 4.64. The van der Waals surface area contributed by atoms with E-state index in [0.29, 0.717) is 40.6 Å². The van der Waals surface area contributed by atoms with Crippen molar-refractivity contribution >= 4 is 17.5 Å². The van der Waals surface area contributed by atoms with Crippen LogP contribution in [0.15, 0.2) is 60.7 Å². The Morgan fingerprint density at radius 3 is 2.17 bits per heavy atom. The van der Waals surface area contributed by atoms with E-state index in [-0.39, 0.29) is 11.8 Å². The first-order chi connectivity index (χ1) is 17.4. The topological polar surface area (TPSA) is 77.1 Å². The predicted octanol–water partition coefficient (Wildman–Crippen LogP) is 5.35. The number of hydrogen-bond acceptors (Lipinski definition) is 5. The average molecular weight is 489 g/mol. The number of ether oxygens (including phenoxy) is 3. The highest BCUT2D eigenvalue weighted by Crippen LogP contribution is 2.47. The third kappa shape index (κ3) is 4.61. The van der Waals surface area contributed by atoms with Crippen LogP contribution >= 0.6 is 0 Å². The van der Waals surface area contributed by atoms with Gasteiger partial charge in [-0.25, -0.2) is 0 Å². The molecule has 1 N–H and O–H groups in total. The molecular formula is C29H32N2O5. The number of rotatable bonds is 8. The zero-order valence-corrected chi connectivity index (χ0v) is 21.3. The smallest absolute Gasteiger partial charge is 0.254 e. The number of fused-ring (bicyclic) bond motifs is 1. The molecule has 3 aromatic rings. The van der Waals surface area contributed by atoms with Crippen LogP contribution < -0.4 is 19.5 Å². The summed E-state index contributed by atoms with van der Waals surface area (Å²) in [6, 6.07) is 18.1. The molecule has 3 aromatic carbocycles. The van der Waals surface area contributed by atoms with Crippen LogP contribution in [0.25, 0.3) is 0 Å². The number of carbonyl (C=O) groups excluding carboxylic acids is 2. The number of amides is 2. The minimum atomic E-state index is -0.658. The van der Waals surface area contributed by atoms with Gasteiger partial charge in [-0.1, -0.05) is 42.8 Å². The van der Waals surface area contributed by atoms with Crippen molar-refractivity contribution < 1.29 is 23.8 Å². The number of benzene rings is 3. The van der Waals surface area contributed by atoms with Crippen molar-refractivity contribution in [2.45, 2.75) is 32.2 Å². The summed E-state index contributed by atoms with van der Waals surface area (Å²) in [5, 5.41) is 3.07. The van der Waals surface area contributed by atoms with Gasteiger partial charge in [-0.15, -0.1) is 0 Å². The summed E-state index contributed by atoms with van der Waals surface area (Å²) in [6.45, 7) is 4.50. The second-order valence-electron chi connectivity index (χ2n) is 8.82. The third-order valence-electron chi connectivity index (χ3n) is 6.53. The summed E-state index contributed by atoms with van der Waals surface area (Å²) >= 11 is 0. The van der Waals surface area contributed by atoms with Gasteiger partial charge in [0.15, 0.2) is 11.5 Å². The van der Waals surface area contributed by atoms with Crippen LogP contribution in [0.3, 0.4) is 0 Å². The van der Waals surface area contributed by atoms with Gasteiger partial charge in [0.2, 0.25) is 11.7 Å². The number of anilines is 1. The van der Waals surface area contributed by atoms with E-state index in [4.69, 9.17) is 14.2 Å². The lowest BCUT2D eigenvalue weighted by Crippen LogP contribution is -2.46. The normalized spacial score (nSPS) is 16.8.